The molecule has 1 aliphatic rings. The van der Waals surface area contributed by atoms with Gasteiger partial charge in [0.2, 0.25) is 10.0 Å². The minimum Gasteiger partial charge on any atom is -0.367 e. The van der Waals surface area contributed by atoms with Crippen molar-refractivity contribution in [3.63, 3.8) is 0 Å². The molecule has 0 bridgehead atoms. The van der Waals surface area contributed by atoms with E-state index in [2.05, 4.69) is 4.90 Å². The summed E-state index contributed by atoms with van der Waals surface area (Å²) < 4.78 is 73.4. The fourth-order valence-corrected chi connectivity index (χ4v) is 6.36. The van der Waals surface area contributed by atoms with Gasteiger partial charge in [0, 0.05) is 32.7 Å². The van der Waals surface area contributed by atoms with E-state index in [9.17, 15) is 21.6 Å². The average molecular weight is 573 g/mol. The predicted octanol–water partition coefficient (Wildman–Crippen LogP) is 6.12. The highest BCUT2D eigenvalue weighted by molar-refractivity contribution is 7.89. The largest absolute Gasteiger partial charge is 0.416 e. The van der Waals surface area contributed by atoms with Crippen LogP contribution in [-0.4, -0.2) is 57.0 Å². The average Bonchev–Trinajstić information content (AvgIpc) is 2.88. The van der Waals surface area contributed by atoms with Gasteiger partial charge in [0.1, 0.15) is 11.0 Å². The first kappa shape index (κ1) is 27.9. The van der Waals surface area contributed by atoms with Gasteiger partial charge in [0.05, 0.1) is 22.2 Å². The van der Waals surface area contributed by atoms with E-state index in [1.807, 2.05) is 30.3 Å². The van der Waals surface area contributed by atoms with Crippen LogP contribution in [0.1, 0.15) is 22.8 Å². The molecule has 0 N–H and O–H groups in total. The number of alkyl halides is 3. The number of hydrogen-bond donors (Lipinski definition) is 0. The van der Waals surface area contributed by atoms with Crippen molar-refractivity contribution in [2.24, 2.45) is 0 Å². The first-order chi connectivity index (χ1) is 17.6. The molecule has 0 saturated carbocycles. The van der Waals surface area contributed by atoms with E-state index in [1.54, 1.807) is 12.1 Å². The lowest BCUT2D eigenvalue weighted by atomic mass is 9.99. The number of rotatable bonds is 8. The van der Waals surface area contributed by atoms with Gasteiger partial charge in [-0.1, -0.05) is 71.7 Å². The highest BCUT2D eigenvalue weighted by Gasteiger charge is 2.32. The molecule has 0 unspecified atom stereocenters. The Balaban J connectivity index is 1.39. The quantitative estimate of drug-likeness (QED) is 0.326. The van der Waals surface area contributed by atoms with Gasteiger partial charge in [-0.15, -0.1) is 0 Å². The molecule has 37 heavy (non-hydrogen) atoms. The topological polar surface area (TPSA) is 49.9 Å². The Labute approximate surface area is 224 Å². The summed E-state index contributed by atoms with van der Waals surface area (Å²) in [5, 5.41) is 0.175. The van der Waals surface area contributed by atoms with Crippen molar-refractivity contribution in [2.75, 3.05) is 39.3 Å². The van der Waals surface area contributed by atoms with Gasteiger partial charge in [0.15, 0.2) is 0 Å². The zero-order chi connectivity index (χ0) is 26.6. The molecule has 0 amide bonds. The minimum atomic E-state index is -4.45. The Morgan fingerprint density at radius 3 is 2.19 bits per heavy atom. The molecule has 1 atom stereocenters. The summed E-state index contributed by atoms with van der Waals surface area (Å²) in [5.74, 6) is 0. The van der Waals surface area contributed by atoms with Gasteiger partial charge in [-0.25, -0.2) is 8.42 Å². The summed E-state index contributed by atoms with van der Waals surface area (Å²) in [6, 6.07) is 18.7. The standard InChI is InChI=1S/C26H25Cl2F3N2O3S/c27-22-10-5-11-23(24(22)28)37(34,35)33-14-12-32(13-15-33)16-17-36-25(19-6-2-1-3-7-19)20-8-4-9-21(18-20)26(29,30)31/h1-11,18,25H,12-17H2/t25-/m1/s1. The monoisotopic (exact) mass is 572 g/mol. The maximum Gasteiger partial charge on any atom is 0.416 e. The lowest BCUT2D eigenvalue weighted by molar-refractivity contribution is -0.137. The van der Waals surface area contributed by atoms with Crippen molar-refractivity contribution in [3.8, 4) is 0 Å². The number of hydrogen-bond acceptors (Lipinski definition) is 4. The van der Waals surface area contributed by atoms with Crippen molar-refractivity contribution in [1.82, 2.24) is 9.21 Å². The van der Waals surface area contributed by atoms with Crippen molar-refractivity contribution in [1.29, 1.82) is 0 Å². The van der Waals surface area contributed by atoms with Gasteiger partial charge in [-0.3, -0.25) is 4.90 Å². The molecule has 1 fully saturated rings. The molecule has 0 aliphatic carbocycles. The second-order valence-electron chi connectivity index (χ2n) is 8.58. The molecular formula is C26H25Cl2F3N2O3S. The molecule has 11 heteroatoms. The maximum absolute atomic E-state index is 13.3. The Bertz CT molecular complexity index is 1320. The number of benzene rings is 3. The first-order valence-corrected chi connectivity index (χ1v) is 13.8. The fraction of sp³-hybridized carbons (Fsp3) is 0.308. The van der Waals surface area contributed by atoms with Crippen molar-refractivity contribution < 1.29 is 26.3 Å². The van der Waals surface area contributed by atoms with Crippen molar-refractivity contribution >= 4 is 33.2 Å². The van der Waals surface area contributed by atoms with Gasteiger partial charge >= 0.3 is 6.18 Å². The molecular weight excluding hydrogens is 548 g/mol. The molecule has 3 aromatic rings. The Morgan fingerprint density at radius 2 is 1.51 bits per heavy atom. The summed E-state index contributed by atoms with van der Waals surface area (Å²) >= 11 is 12.1. The van der Waals surface area contributed by atoms with Crippen LogP contribution in [0, 0.1) is 0 Å². The fourth-order valence-electron chi connectivity index (χ4n) is 4.21. The highest BCUT2D eigenvalue weighted by atomic mass is 35.5. The van der Waals surface area contributed by atoms with E-state index in [1.165, 1.54) is 22.5 Å². The van der Waals surface area contributed by atoms with Crippen LogP contribution in [-0.2, 0) is 20.9 Å². The third-order valence-electron chi connectivity index (χ3n) is 6.18. The number of ether oxygens (including phenoxy) is 1. The van der Waals surface area contributed by atoms with Crippen LogP contribution >= 0.6 is 23.2 Å². The predicted molar refractivity (Wildman–Crippen MR) is 137 cm³/mol. The number of halogens is 5. The second-order valence-corrected chi connectivity index (χ2v) is 11.3. The molecule has 5 nitrogen and oxygen atoms in total. The Hall–Kier alpha value is -2.14. The number of sulfonamides is 1. The first-order valence-electron chi connectivity index (χ1n) is 11.6. The lowest BCUT2D eigenvalue weighted by Gasteiger charge is -2.34. The summed E-state index contributed by atoms with van der Waals surface area (Å²) in [6.45, 7) is 2.22. The summed E-state index contributed by atoms with van der Waals surface area (Å²) in [4.78, 5) is 2.03. The molecule has 198 valence electrons. The van der Waals surface area contributed by atoms with Gasteiger partial charge < -0.3 is 4.74 Å². The molecule has 0 aromatic heterocycles. The summed E-state index contributed by atoms with van der Waals surface area (Å²) in [7, 11) is -3.79. The van der Waals surface area contributed by atoms with Gasteiger partial charge in [-0.2, -0.15) is 17.5 Å². The van der Waals surface area contributed by atoms with Crippen LogP contribution in [0.3, 0.4) is 0 Å². The summed E-state index contributed by atoms with van der Waals surface area (Å²) in [6.07, 6.45) is -5.12. The molecule has 1 saturated heterocycles. The van der Waals surface area contributed by atoms with Crippen LogP contribution in [0.5, 0.6) is 0 Å². The van der Waals surface area contributed by atoms with Crippen molar-refractivity contribution in [2.45, 2.75) is 17.2 Å². The van der Waals surface area contributed by atoms with E-state index in [0.29, 0.717) is 25.2 Å². The zero-order valence-electron chi connectivity index (χ0n) is 19.7. The molecule has 4 rings (SSSR count). The summed E-state index contributed by atoms with van der Waals surface area (Å²) in [5.41, 5.74) is 0.429. The van der Waals surface area contributed by atoms with Crippen LogP contribution in [0.25, 0.3) is 0 Å². The van der Waals surface area contributed by atoms with Crippen LogP contribution in [0.2, 0.25) is 10.0 Å². The van der Waals surface area contributed by atoms with E-state index < -0.39 is 27.9 Å². The third-order valence-corrected chi connectivity index (χ3v) is 9.05. The smallest absolute Gasteiger partial charge is 0.367 e. The van der Waals surface area contributed by atoms with Gasteiger partial charge in [-0.05, 0) is 35.4 Å². The Kier molecular flexibility index (Phi) is 8.83. The number of piperazine rings is 1. The maximum atomic E-state index is 13.3. The normalized spacial score (nSPS) is 16.6. The number of nitrogens with zero attached hydrogens (tertiary/aromatic N) is 2. The van der Waals surface area contributed by atoms with E-state index in [0.717, 1.165) is 17.7 Å². The molecule has 1 heterocycles. The highest BCUT2D eigenvalue weighted by Crippen LogP contribution is 2.34. The van der Waals surface area contributed by atoms with E-state index in [4.69, 9.17) is 27.9 Å². The minimum absolute atomic E-state index is 0.00143. The molecule has 1 aliphatic heterocycles. The molecule has 3 aromatic carbocycles. The van der Waals surface area contributed by atoms with Crippen LogP contribution in [0.4, 0.5) is 13.2 Å². The molecule has 0 radical (unpaired) electrons. The lowest BCUT2D eigenvalue weighted by Crippen LogP contribution is -2.49. The van der Waals surface area contributed by atoms with E-state index in [-0.39, 0.29) is 34.6 Å². The second kappa shape index (κ2) is 11.7. The van der Waals surface area contributed by atoms with E-state index >= 15 is 0 Å². The van der Waals surface area contributed by atoms with Crippen LogP contribution < -0.4 is 0 Å². The SMILES string of the molecule is O=S(=O)(c1cccc(Cl)c1Cl)N1CCN(CCO[C@H](c2ccccc2)c2cccc(C(F)(F)F)c2)CC1. The van der Waals surface area contributed by atoms with Crippen LogP contribution in [0.15, 0.2) is 77.7 Å². The zero-order valence-corrected chi connectivity index (χ0v) is 22.0. The van der Waals surface area contributed by atoms with Gasteiger partial charge in [0.25, 0.3) is 0 Å². The molecule has 0 spiro atoms. The van der Waals surface area contributed by atoms with Crippen molar-refractivity contribution in [3.05, 3.63) is 99.5 Å². The third kappa shape index (κ3) is 6.66. The Morgan fingerprint density at radius 1 is 0.865 bits per heavy atom.